The zero-order chi connectivity index (χ0) is 28.8. The molecule has 3 rings (SSSR count). The van der Waals surface area contributed by atoms with Crippen LogP contribution in [-0.2, 0) is 25.8 Å². The van der Waals surface area contributed by atoms with Crippen LogP contribution in [0.2, 0.25) is 0 Å². The molecule has 3 N–H and O–H groups in total. The number of hydrogen-bond acceptors (Lipinski definition) is 5. The second-order valence-corrected chi connectivity index (χ2v) is 12.6. The Morgan fingerprint density at radius 3 is 2.13 bits per heavy atom. The standard InChI is InChI=1S/C28H36F3N3O4S/c1-4-39(37,38)23-12-7-20(8-13-23)15-26(35)33-22-11-14-24(25(17-22)32-18(2)3)34-27(36)16-19-5-9-21(10-6-19)28(29,30)31/h7-8,11-14,17-19,21,32H,4-6,9-10,15-16H2,1-3H3,(H,33,35)(H,34,36). The van der Waals surface area contributed by atoms with E-state index in [1.165, 1.54) is 12.1 Å². The summed E-state index contributed by atoms with van der Waals surface area (Å²) in [7, 11) is -3.31. The Kier molecular flexibility index (Phi) is 10.0. The first-order chi connectivity index (χ1) is 18.3. The Bertz CT molecular complexity index is 1250. The van der Waals surface area contributed by atoms with Gasteiger partial charge in [0.05, 0.1) is 34.4 Å². The smallest absolute Gasteiger partial charge is 0.381 e. The maximum atomic E-state index is 12.9. The zero-order valence-corrected chi connectivity index (χ0v) is 23.2. The monoisotopic (exact) mass is 567 g/mol. The van der Waals surface area contributed by atoms with Crippen molar-refractivity contribution in [2.24, 2.45) is 11.8 Å². The van der Waals surface area contributed by atoms with Gasteiger partial charge in [-0.1, -0.05) is 19.1 Å². The Morgan fingerprint density at radius 2 is 1.56 bits per heavy atom. The number of halogens is 3. The topological polar surface area (TPSA) is 104 Å². The average molecular weight is 568 g/mol. The van der Waals surface area contributed by atoms with Gasteiger partial charge in [-0.3, -0.25) is 9.59 Å². The lowest BCUT2D eigenvalue weighted by Crippen LogP contribution is -2.29. The van der Waals surface area contributed by atoms with Crippen molar-refractivity contribution in [2.45, 2.75) is 76.4 Å². The van der Waals surface area contributed by atoms with E-state index >= 15 is 0 Å². The fraction of sp³-hybridized carbons (Fsp3) is 0.500. The number of alkyl halides is 3. The highest BCUT2D eigenvalue weighted by atomic mass is 32.2. The fourth-order valence-electron chi connectivity index (χ4n) is 4.69. The average Bonchev–Trinajstić information content (AvgIpc) is 2.85. The number of nitrogens with one attached hydrogen (secondary N) is 3. The number of sulfone groups is 1. The summed E-state index contributed by atoms with van der Waals surface area (Å²) in [6.45, 7) is 5.43. The van der Waals surface area contributed by atoms with Gasteiger partial charge in [-0.15, -0.1) is 0 Å². The molecule has 0 heterocycles. The molecule has 1 aliphatic rings. The molecule has 0 spiro atoms. The summed E-state index contributed by atoms with van der Waals surface area (Å²) >= 11 is 0. The highest BCUT2D eigenvalue weighted by molar-refractivity contribution is 7.91. The van der Waals surface area contributed by atoms with Crippen molar-refractivity contribution in [3.63, 3.8) is 0 Å². The molecule has 0 unspecified atom stereocenters. The summed E-state index contributed by atoms with van der Waals surface area (Å²) in [5, 5.41) is 8.93. The van der Waals surface area contributed by atoms with Crippen molar-refractivity contribution in [1.29, 1.82) is 0 Å². The van der Waals surface area contributed by atoms with Crippen LogP contribution in [0.5, 0.6) is 0 Å². The van der Waals surface area contributed by atoms with Gasteiger partial charge in [-0.25, -0.2) is 8.42 Å². The van der Waals surface area contributed by atoms with Crippen molar-refractivity contribution >= 4 is 38.7 Å². The lowest BCUT2D eigenvalue weighted by molar-refractivity contribution is -0.184. The van der Waals surface area contributed by atoms with Gasteiger partial charge in [0.25, 0.3) is 0 Å². The second kappa shape index (κ2) is 12.8. The van der Waals surface area contributed by atoms with E-state index in [9.17, 15) is 31.2 Å². The molecule has 2 aromatic carbocycles. The van der Waals surface area contributed by atoms with Gasteiger partial charge in [0.1, 0.15) is 0 Å². The van der Waals surface area contributed by atoms with E-state index in [1.54, 1.807) is 37.3 Å². The third kappa shape index (κ3) is 8.98. The molecule has 1 aliphatic carbocycles. The van der Waals surface area contributed by atoms with Gasteiger partial charge in [-0.2, -0.15) is 13.2 Å². The van der Waals surface area contributed by atoms with Gasteiger partial charge in [0.2, 0.25) is 11.8 Å². The summed E-state index contributed by atoms with van der Waals surface area (Å²) < 4.78 is 62.7. The molecule has 1 saturated carbocycles. The largest absolute Gasteiger partial charge is 0.391 e. The van der Waals surface area contributed by atoms with Crippen LogP contribution in [0.15, 0.2) is 47.4 Å². The Labute approximate surface area is 227 Å². The van der Waals surface area contributed by atoms with Gasteiger partial charge in [-0.05, 0) is 81.3 Å². The predicted molar refractivity (Wildman–Crippen MR) is 146 cm³/mol. The molecular formula is C28H36F3N3O4S. The molecule has 11 heteroatoms. The number of benzene rings is 2. The maximum absolute atomic E-state index is 12.9. The number of anilines is 3. The Hall–Kier alpha value is -3.08. The lowest BCUT2D eigenvalue weighted by atomic mass is 9.80. The summed E-state index contributed by atoms with van der Waals surface area (Å²) in [5.74, 6) is -1.91. The van der Waals surface area contributed by atoms with Gasteiger partial charge in [0, 0.05) is 18.2 Å². The summed E-state index contributed by atoms with van der Waals surface area (Å²) in [6.07, 6.45) is -3.12. The molecule has 39 heavy (non-hydrogen) atoms. The molecule has 0 bridgehead atoms. The lowest BCUT2D eigenvalue weighted by Gasteiger charge is -2.29. The fourth-order valence-corrected chi connectivity index (χ4v) is 5.57. The zero-order valence-electron chi connectivity index (χ0n) is 22.4. The van der Waals surface area contributed by atoms with Crippen LogP contribution in [0.25, 0.3) is 0 Å². The van der Waals surface area contributed by atoms with E-state index in [-0.39, 0.29) is 60.1 Å². The molecule has 0 aromatic heterocycles. The molecule has 2 aromatic rings. The summed E-state index contributed by atoms with van der Waals surface area (Å²) in [4.78, 5) is 25.5. The van der Waals surface area contributed by atoms with Crippen LogP contribution in [-0.4, -0.2) is 38.2 Å². The van der Waals surface area contributed by atoms with Crippen LogP contribution >= 0.6 is 0 Å². The van der Waals surface area contributed by atoms with Crippen LogP contribution in [0.1, 0.15) is 58.4 Å². The van der Waals surface area contributed by atoms with Crippen molar-refractivity contribution in [3.8, 4) is 0 Å². The SMILES string of the molecule is CCS(=O)(=O)c1ccc(CC(=O)Nc2ccc(NC(=O)CC3CCC(C(F)(F)F)CC3)c(NC(C)C)c2)cc1. The Balaban J connectivity index is 1.61. The number of rotatable bonds is 10. The summed E-state index contributed by atoms with van der Waals surface area (Å²) in [6, 6.07) is 11.3. The van der Waals surface area contributed by atoms with E-state index in [0.29, 0.717) is 35.5 Å². The molecule has 0 atom stereocenters. The van der Waals surface area contributed by atoms with Crippen molar-refractivity contribution in [3.05, 3.63) is 48.0 Å². The molecule has 1 fully saturated rings. The third-order valence-electron chi connectivity index (χ3n) is 6.83. The van der Waals surface area contributed by atoms with Crippen molar-refractivity contribution < 1.29 is 31.2 Å². The quantitative estimate of drug-likeness (QED) is 0.318. The van der Waals surface area contributed by atoms with Gasteiger partial charge < -0.3 is 16.0 Å². The van der Waals surface area contributed by atoms with Crippen LogP contribution in [0.3, 0.4) is 0 Å². The van der Waals surface area contributed by atoms with E-state index in [2.05, 4.69) is 16.0 Å². The molecule has 0 radical (unpaired) electrons. The van der Waals surface area contributed by atoms with Crippen molar-refractivity contribution in [1.82, 2.24) is 0 Å². The van der Waals surface area contributed by atoms with Crippen LogP contribution in [0, 0.1) is 11.8 Å². The molecule has 7 nitrogen and oxygen atoms in total. The normalized spacial score (nSPS) is 18.0. The van der Waals surface area contributed by atoms with Crippen molar-refractivity contribution in [2.75, 3.05) is 21.7 Å². The minimum atomic E-state index is -4.18. The first-order valence-electron chi connectivity index (χ1n) is 13.2. The van der Waals surface area contributed by atoms with E-state index in [1.807, 2.05) is 13.8 Å². The third-order valence-corrected chi connectivity index (χ3v) is 8.58. The minimum absolute atomic E-state index is 0.00100. The number of amides is 2. The van der Waals surface area contributed by atoms with E-state index < -0.39 is 21.9 Å². The van der Waals surface area contributed by atoms with E-state index in [0.717, 1.165) is 0 Å². The van der Waals surface area contributed by atoms with Gasteiger partial charge in [0.15, 0.2) is 9.84 Å². The highest BCUT2D eigenvalue weighted by Gasteiger charge is 2.41. The molecule has 0 aliphatic heterocycles. The first-order valence-corrected chi connectivity index (χ1v) is 14.8. The van der Waals surface area contributed by atoms with Crippen LogP contribution in [0.4, 0.5) is 30.2 Å². The molecular weight excluding hydrogens is 531 g/mol. The number of carbonyl (C=O) groups is 2. The first kappa shape index (κ1) is 30.5. The molecule has 2 amide bonds. The van der Waals surface area contributed by atoms with E-state index in [4.69, 9.17) is 0 Å². The molecule has 0 saturated heterocycles. The maximum Gasteiger partial charge on any atom is 0.391 e. The van der Waals surface area contributed by atoms with Gasteiger partial charge >= 0.3 is 6.18 Å². The predicted octanol–water partition coefficient (Wildman–Crippen LogP) is 6.18. The van der Waals surface area contributed by atoms with Crippen LogP contribution < -0.4 is 16.0 Å². The number of carbonyl (C=O) groups excluding carboxylic acids is 2. The highest BCUT2D eigenvalue weighted by Crippen LogP contribution is 2.40. The number of hydrogen-bond donors (Lipinski definition) is 3. The summed E-state index contributed by atoms with van der Waals surface area (Å²) in [5.41, 5.74) is 2.29. The second-order valence-electron chi connectivity index (χ2n) is 10.3. The molecule has 214 valence electrons. The Morgan fingerprint density at radius 1 is 0.923 bits per heavy atom. The minimum Gasteiger partial charge on any atom is -0.381 e.